The average molecular weight is 466 g/mol. The molecule has 2 aromatic rings. The Hall–Kier alpha value is -3.14. The smallest absolute Gasteiger partial charge is 0.327 e. The molecule has 0 aliphatic carbocycles. The molecule has 4 atom stereocenters. The molecule has 3 aliphatic heterocycles. The molecule has 9 heteroatoms. The van der Waals surface area contributed by atoms with Crippen molar-refractivity contribution < 1.29 is 19.1 Å². The van der Waals surface area contributed by atoms with Crippen LogP contribution in [0.5, 0.6) is 11.5 Å². The maximum absolute atomic E-state index is 13.4. The van der Waals surface area contributed by atoms with Crippen molar-refractivity contribution in [1.82, 2.24) is 20.0 Å². The number of nitrogens with one attached hydrogen (secondary N) is 1. The number of hydrogen-bond donors (Lipinski definition) is 1. The molecule has 3 fully saturated rings. The summed E-state index contributed by atoms with van der Waals surface area (Å²) in [5.41, 5.74) is 1.03. The van der Waals surface area contributed by atoms with Crippen molar-refractivity contribution in [3.63, 3.8) is 0 Å². The van der Waals surface area contributed by atoms with Gasteiger partial charge in [0.15, 0.2) is 0 Å². The lowest BCUT2D eigenvalue weighted by Crippen LogP contribution is -2.67. The van der Waals surface area contributed by atoms with Crippen LogP contribution in [0, 0.1) is 5.92 Å². The van der Waals surface area contributed by atoms with Crippen LogP contribution in [-0.2, 0) is 9.53 Å². The minimum Gasteiger partial charge on any atom is -0.457 e. The van der Waals surface area contributed by atoms with Gasteiger partial charge in [0.05, 0.1) is 13.2 Å². The minimum atomic E-state index is -0.435. The summed E-state index contributed by atoms with van der Waals surface area (Å²) in [6, 6.07) is 17.0. The topological polar surface area (TPSA) is 77.6 Å². The Balaban J connectivity index is 1.38. The van der Waals surface area contributed by atoms with E-state index in [1.54, 1.807) is 19.1 Å². The SMILES string of the molecule is COCCN1C(=O)C2C(NC3N(c4ccc(Oc5ccccc5)cc4)CC(C)CN23)N(C)C1=O. The van der Waals surface area contributed by atoms with E-state index in [2.05, 4.69) is 22.0 Å². The molecule has 180 valence electrons. The molecular weight excluding hydrogens is 434 g/mol. The number of anilines is 1. The molecule has 1 N–H and O–H groups in total. The van der Waals surface area contributed by atoms with E-state index in [9.17, 15) is 9.59 Å². The number of nitrogens with zero attached hydrogens (tertiary/aromatic N) is 4. The van der Waals surface area contributed by atoms with Gasteiger partial charge in [0.25, 0.3) is 5.91 Å². The van der Waals surface area contributed by atoms with Crippen molar-refractivity contribution in [1.29, 1.82) is 0 Å². The van der Waals surface area contributed by atoms with Gasteiger partial charge >= 0.3 is 6.03 Å². The number of carbonyl (C=O) groups is 2. The zero-order valence-corrected chi connectivity index (χ0v) is 19.8. The number of methoxy groups -OCH3 is 1. The summed E-state index contributed by atoms with van der Waals surface area (Å²) in [6.07, 6.45) is -0.564. The van der Waals surface area contributed by atoms with Crippen molar-refractivity contribution in [2.24, 2.45) is 5.92 Å². The summed E-state index contributed by atoms with van der Waals surface area (Å²) in [6.45, 7) is 4.37. The summed E-state index contributed by atoms with van der Waals surface area (Å²) in [5.74, 6) is 1.74. The molecule has 5 rings (SSSR count). The molecule has 4 unspecified atom stereocenters. The second kappa shape index (κ2) is 9.25. The lowest BCUT2D eigenvalue weighted by Gasteiger charge is -2.46. The summed E-state index contributed by atoms with van der Waals surface area (Å²) in [5, 5.41) is 3.55. The molecule has 34 heavy (non-hydrogen) atoms. The highest BCUT2D eigenvalue weighted by Crippen LogP contribution is 2.35. The zero-order chi connectivity index (χ0) is 23.8. The first-order chi connectivity index (χ1) is 16.5. The van der Waals surface area contributed by atoms with E-state index in [1.807, 2.05) is 54.6 Å². The van der Waals surface area contributed by atoms with Gasteiger partial charge in [0, 0.05) is 32.9 Å². The van der Waals surface area contributed by atoms with Gasteiger partial charge in [-0.1, -0.05) is 25.1 Å². The Morgan fingerprint density at radius 1 is 1.00 bits per heavy atom. The van der Waals surface area contributed by atoms with Crippen LogP contribution in [0.1, 0.15) is 6.92 Å². The Bertz CT molecular complexity index is 1030. The number of rotatable bonds is 6. The van der Waals surface area contributed by atoms with E-state index in [0.29, 0.717) is 12.5 Å². The number of urea groups is 1. The van der Waals surface area contributed by atoms with Gasteiger partial charge in [-0.25, -0.2) is 4.79 Å². The standard InChI is InChI=1S/C25H31N5O4/c1-17-15-29(18-9-11-20(12-10-18)34-19-7-5-4-6-8-19)24-26-22-21(30(24)16-17)23(31)28(13-14-33-3)25(32)27(22)2/h4-12,17,21-22,24,26H,13-16H2,1-3H3. The van der Waals surface area contributed by atoms with Crippen LogP contribution in [-0.4, -0.2) is 85.5 Å². The van der Waals surface area contributed by atoms with E-state index < -0.39 is 6.04 Å². The number of para-hydroxylation sites is 1. The van der Waals surface area contributed by atoms with Gasteiger partial charge in [0.2, 0.25) is 0 Å². The average Bonchev–Trinajstić information content (AvgIpc) is 3.23. The summed E-state index contributed by atoms with van der Waals surface area (Å²) in [4.78, 5) is 33.7. The van der Waals surface area contributed by atoms with E-state index in [-0.39, 0.29) is 30.9 Å². The third-order valence-corrected chi connectivity index (χ3v) is 6.75. The van der Waals surface area contributed by atoms with Crippen molar-refractivity contribution in [3.8, 4) is 11.5 Å². The largest absolute Gasteiger partial charge is 0.457 e. The summed E-state index contributed by atoms with van der Waals surface area (Å²) in [7, 11) is 3.32. The van der Waals surface area contributed by atoms with Crippen molar-refractivity contribution in [2.45, 2.75) is 25.4 Å². The van der Waals surface area contributed by atoms with E-state index in [1.165, 1.54) is 4.90 Å². The molecule has 2 aromatic carbocycles. The maximum Gasteiger partial charge on any atom is 0.327 e. The molecule has 0 bridgehead atoms. The van der Waals surface area contributed by atoms with Crippen LogP contribution in [0.15, 0.2) is 54.6 Å². The van der Waals surface area contributed by atoms with Crippen molar-refractivity contribution in [3.05, 3.63) is 54.6 Å². The van der Waals surface area contributed by atoms with Crippen LogP contribution < -0.4 is 15.0 Å². The van der Waals surface area contributed by atoms with Gasteiger partial charge in [-0.05, 0) is 42.3 Å². The van der Waals surface area contributed by atoms with Crippen LogP contribution in [0.2, 0.25) is 0 Å². The van der Waals surface area contributed by atoms with Gasteiger partial charge < -0.3 is 19.3 Å². The molecule has 0 radical (unpaired) electrons. The Labute approximate surface area is 199 Å². The highest BCUT2D eigenvalue weighted by molar-refractivity contribution is 6.00. The zero-order valence-electron chi connectivity index (χ0n) is 19.8. The molecule has 3 amide bonds. The number of hydrogen-bond acceptors (Lipinski definition) is 7. The molecule has 3 saturated heterocycles. The Morgan fingerprint density at radius 2 is 1.71 bits per heavy atom. The van der Waals surface area contributed by atoms with Crippen LogP contribution in [0.25, 0.3) is 0 Å². The lowest BCUT2D eigenvalue weighted by atomic mass is 10.0. The number of benzene rings is 2. The second-order valence-electron chi connectivity index (χ2n) is 9.17. The summed E-state index contributed by atoms with van der Waals surface area (Å²) >= 11 is 0. The fourth-order valence-corrected chi connectivity index (χ4v) is 5.14. The monoisotopic (exact) mass is 465 g/mol. The summed E-state index contributed by atoms with van der Waals surface area (Å²) < 4.78 is 11.1. The molecule has 0 saturated carbocycles. The van der Waals surface area contributed by atoms with Crippen LogP contribution in [0.4, 0.5) is 10.5 Å². The minimum absolute atomic E-state index is 0.166. The predicted molar refractivity (Wildman–Crippen MR) is 127 cm³/mol. The number of likely N-dealkylation sites (N-methyl/N-ethyl adjacent to an activating group) is 1. The first-order valence-corrected chi connectivity index (χ1v) is 11.7. The third kappa shape index (κ3) is 4.00. The van der Waals surface area contributed by atoms with Crippen molar-refractivity contribution in [2.75, 3.05) is 45.3 Å². The Morgan fingerprint density at radius 3 is 2.41 bits per heavy atom. The van der Waals surface area contributed by atoms with E-state index in [4.69, 9.17) is 9.47 Å². The normalized spacial score (nSPS) is 27.1. The molecule has 9 nitrogen and oxygen atoms in total. The van der Waals surface area contributed by atoms with Gasteiger partial charge in [-0.3, -0.25) is 19.9 Å². The first-order valence-electron chi connectivity index (χ1n) is 11.7. The van der Waals surface area contributed by atoms with E-state index >= 15 is 0 Å². The second-order valence-corrected chi connectivity index (χ2v) is 9.17. The van der Waals surface area contributed by atoms with Gasteiger partial charge in [-0.15, -0.1) is 0 Å². The number of amides is 3. The van der Waals surface area contributed by atoms with Crippen molar-refractivity contribution >= 4 is 17.6 Å². The number of imide groups is 1. The third-order valence-electron chi connectivity index (χ3n) is 6.75. The molecular formula is C25H31N5O4. The molecule has 3 aliphatic rings. The van der Waals surface area contributed by atoms with Crippen LogP contribution >= 0.6 is 0 Å². The fraction of sp³-hybridized carbons (Fsp3) is 0.440. The van der Waals surface area contributed by atoms with Crippen LogP contribution in [0.3, 0.4) is 0 Å². The number of fused-ring (bicyclic) bond motifs is 3. The molecule has 0 spiro atoms. The fourth-order valence-electron chi connectivity index (χ4n) is 5.14. The van der Waals surface area contributed by atoms with Gasteiger partial charge in [0.1, 0.15) is 30.0 Å². The van der Waals surface area contributed by atoms with E-state index in [0.717, 1.165) is 30.3 Å². The number of carbonyl (C=O) groups excluding carboxylic acids is 2. The maximum atomic E-state index is 13.4. The Kier molecular flexibility index (Phi) is 6.16. The molecule has 0 aromatic heterocycles. The number of ether oxygens (including phenoxy) is 2. The lowest BCUT2D eigenvalue weighted by molar-refractivity contribution is -0.139. The molecule has 3 heterocycles. The predicted octanol–water partition coefficient (Wildman–Crippen LogP) is 2.36. The van der Waals surface area contributed by atoms with Gasteiger partial charge in [-0.2, -0.15) is 0 Å². The highest BCUT2D eigenvalue weighted by atomic mass is 16.5. The highest BCUT2D eigenvalue weighted by Gasteiger charge is 2.56. The first kappa shape index (κ1) is 22.6. The quantitative estimate of drug-likeness (QED) is 0.702.